The lowest BCUT2D eigenvalue weighted by molar-refractivity contribution is -0.149. The van der Waals surface area contributed by atoms with Gasteiger partial charge in [0.25, 0.3) is 11.8 Å². The molecule has 0 spiro atoms. The van der Waals surface area contributed by atoms with Crippen molar-refractivity contribution >= 4 is 27.8 Å². The molecular formula is C21H25N3O9S. The van der Waals surface area contributed by atoms with Crippen LogP contribution in [0.4, 0.5) is 0 Å². The summed E-state index contributed by atoms with van der Waals surface area (Å²) in [6.45, 7) is 0.514. The van der Waals surface area contributed by atoms with Gasteiger partial charge in [0.1, 0.15) is 11.8 Å². The second-order valence-corrected chi connectivity index (χ2v) is 8.41. The number of sulfonamides is 1. The monoisotopic (exact) mass is 495 g/mol. The molecule has 3 N–H and O–H groups in total. The van der Waals surface area contributed by atoms with Crippen LogP contribution in [0.5, 0.6) is 17.2 Å². The molecule has 0 aliphatic carbocycles. The third kappa shape index (κ3) is 7.08. The van der Waals surface area contributed by atoms with Crippen molar-refractivity contribution in [2.24, 2.45) is 0 Å². The Hall–Kier alpha value is -3.84. The van der Waals surface area contributed by atoms with E-state index in [2.05, 4.69) is 15.6 Å². The van der Waals surface area contributed by atoms with Crippen molar-refractivity contribution in [3.05, 3.63) is 48.0 Å². The molecule has 2 aromatic carbocycles. The summed E-state index contributed by atoms with van der Waals surface area (Å²) in [5, 5.41) is 0. The maximum absolute atomic E-state index is 12.4. The summed E-state index contributed by atoms with van der Waals surface area (Å²) in [6.07, 6.45) is 0. The number of rotatable bonds is 10. The standard InChI is InChI=1S/C21H25N3O9S/c1-13(24-34(28,29)16-8-6-15(30-2)7-9-16)21(27)33-12-19(25)22-23-20(26)14-5-10-17(31-3)18(11-14)32-4/h5-11,13,24H,12H2,1-4H3,(H,22,25)(H,23,26)/t13-/m0/s1. The summed E-state index contributed by atoms with van der Waals surface area (Å²) in [7, 11) is 0.287. The lowest BCUT2D eigenvalue weighted by Gasteiger charge is -2.14. The first kappa shape index (κ1) is 26.4. The molecular weight excluding hydrogens is 470 g/mol. The van der Waals surface area contributed by atoms with E-state index in [1.54, 1.807) is 0 Å². The number of methoxy groups -OCH3 is 3. The maximum atomic E-state index is 12.4. The zero-order valence-corrected chi connectivity index (χ0v) is 19.7. The Labute approximate surface area is 196 Å². The van der Waals surface area contributed by atoms with Crippen molar-refractivity contribution in [2.45, 2.75) is 17.9 Å². The highest BCUT2D eigenvalue weighted by Gasteiger charge is 2.24. The quantitative estimate of drug-likeness (QED) is 0.313. The molecule has 0 bridgehead atoms. The second kappa shape index (κ2) is 11.9. The van der Waals surface area contributed by atoms with Gasteiger partial charge in [-0.3, -0.25) is 25.2 Å². The Bertz CT molecular complexity index is 1130. The van der Waals surface area contributed by atoms with E-state index in [9.17, 15) is 22.8 Å². The van der Waals surface area contributed by atoms with Crippen LogP contribution in [0.15, 0.2) is 47.4 Å². The van der Waals surface area contributed by atoms with Gasteiger partial charge in [-0.1, -0.05) is 0 Å². The third-order valence-corrected chi connectivity index (χ3v) is 5.92. The average molecular weight is 496 g/mol. The molecule has 13 heteroatoms. The van der Waals surface area contributed by atoms with Gasteiger partial charge in [-0.25, -0.2) is 8.42 Å². The Morgan fingerprint density at radius 3 is 2.12 bits per heavy atom. The SMILES string of the molecule is COc1ccc(S(=O)(=O)N[C@@H](C)C(=O)OCC(=O)NNC(=O)c2ccc(OC)c(OC)c2)cc1. The summed E-state index contributed by atoms with van der Waals surface area (Å²) < 4.78 is 46.9. The molecule has 0 unspecified atom stereocenters. The van der Waals surface area contributed by atoms with Gasteiger partial charge in [-0.05, 0) is 49.4 Å². The van der Waals surface area contributed by atoms with Gasteiger partial charge in [0.15, 0.2) is 18.1 Å². The second-order valence-electron chi connectivity index (χ2n) is 6.70. The van der Waals surface area contributed by atoms with Crippen LogP contribution in [-0.2, 0) is 24.3 Å². The van der Waals surface area contributed by atoms with Crippen molar-refractivity contribution in [1.29, 1.82) is 0 Å². The fourth-order valence-corrected chi connectivity index (χ4v) is 3.77. The minimum absolute atomic E-state index is 0.0800. The zero-order valence-electron chi connectivity index (χ0n) is 18.9. The number of esters is 1. The Morgan fingerprint density at radius 2 is 1.53 bits per heavy atom. The first-order valence-electron chi connectivity index (χ1n) is 9.75. The van der Waals surface area contributed by atoms with Gasteiger partial charge in [0.05, 0.1) is 26.2 Å². The molecule has 2 amide bonds. The van der Waals surface area contributed by atoms with Gasteiger partial charge < -0.3 is 18.9 Å². The topological polar surface area (TPSA) is 158 Å². The molecule has 34 heavy (non-hydrogen) atoms. The Balaban J connectivity index is 1.83. The molecule has 0 heterocycles. The van der Waals surface area contributed by atoms with E-state index in [-0.39, 0.29) is 10.5 Å². The molecule has 2 aromatic rings. The number of carbonyl (C=O) groups excluding carboxylic acids is 3. The first-order chi connectivity index (χ1) is 16.1. The predicted molar refractivity (Wildman–Crippen MR) is 119 cm³/mol. The summed E-state index contributed by atoms with van der Waals surface area (Å²) in [5.74, 6) is -1.27. The molecule has 0 fully saturated rings. The van der Waals surface area contributed by atoms with Crippen molar-refractivity contribution < 1.29 is 41.7 Å². The number of benzene rings is 2. The molecule has 0 aromatic heterocycles. The van der Waals surface area contributed by atoms with Crippen LogP contribution < -0.4 is 29.8 Å². The highest BCUT2D eigenvalue weighted by atomic mass is 32.2. The molecule has 0 saturated heterocycles. The third-order valence-electron chi connectivity index (χ3n) is 4.36. The van der Waals surface area contributed by atoms with E-state index in [1.165, 1.54) is 70.7 Å². The fourth-order valence-electron chi connectivity index (χ4n) is 2.58. The highest BCUT2D eigenvalue weighted by molar-refractivity contribution is 7.89. The summed E-state index contributed by atoms with van der Waals surface area (Å²) in [5.41, 5.74) is 4.43. The normalized spacial score (nSPS) is 11.6. The lowest BCUT2D eigenvalue weighted by atomic mass is 10.2. The van der Waals surface area contributed by atoms with Crippen molar-refractivity contribution in [3.8, 4) is 17.2 Å². The Morgan fingerprint density at radius 1 is 0.882 bits per heavy atom. The van der Waals surface area contributed by atoms with E-state index < -0.39 is 40.5 Å². The summed E-state index contributed by atoms with van der Waals surface area (Å²) in [4.78, 5) is 36.1. The molecule has 0 saturated carbocycles. The van der Waals surface area contributed by atoms with Crippen LogP contribution in [0.2, 0.25) is 0 Å². The van der Waals surface area contributed by atoms with Gasteiger partial charge in [0.2, 0.25) is 10.0 Å². The molecule has 0 aliphatic rings. The minimum Gasteiger partial charge on any atom is -0.497 e. The average Bonchev–Trinajstić information content (AvgIpc) is 2.84. The minimum atomic E-state index is -4.01. The van der Waals surface area contributed by atoms with Crippen LogP contribution in [0.1, 0.15) is 17.3 Å². The van der Waals surface area contributed by atoms with Gasteiger partial charge in [0, 0.05) is 5.56 Å². The summed E-state index contributed by atoms with van der Waals surface area (Å²) in [6, 6.07) is 8.65. The van der Waals surface area contributed by atoms with E-state index >= 15 is 0 Å². The van der Waals surface area contributed by atoms with Crippen molar-refractivity contribution in [3.63, 3.8) is 0 Å². The smallest absolute Gasteiger partial charge is 0.324 e. The van der Waals surface area contributed by atoms with Gasteiger partial charge in [-0.2, -0.15) is 4.72 Å². The molecule has 2 rings (SSSR count). The molecule has 0 radical (unpaired) electrons. The molecule has 12 nitrogen and oxygen atoms in total. The number of amides is 2. The number of ether oxygens (including phenoxy) is 4. The highest BCUT2D eigenvalue weighted by Crippen LogP contribution is 2.27. The molecule has 1 atom stereocenters. The van der Waals surface area contributed by atoms with E-state index in [0.717, 1.165) is 0 Å². The van der Waals surface area contributed by atoms with Gasteiger partial charge >= 0.3 is 5.97 Å². The van der Waals surface area contributed by atoms with E-state index in [0.29, 0.717) is 17.2 Å². The number of hydrogen-bond donors (Lipinski definition) is 3. The molecule has 184 valence electrons. The number of carbonyl (C=O) groups is 3. The summed E-state index contributed by atoms with van der Waals surface area (Å²) >= 11 is 0. The van der Waals surface area contributed by atoms with E-state index in [1.807, 2.05) is 0 Å². The van der Waals surface area contributed by atoms with Crippen LogP contribution in [-0.4, -0.2) is 60.2 Å². The predicted octanol–water partition coefficient (Wildman–Crippen LogP) is 0.384. The van der Waals surface area contributed by atoms with Crippen LogP contribution in [0, 0.1) is 0 Å². The fraction of sp³-hybridized carbons (Fsp3) is 0.286. The lowest BCUT2D eigenvalue weighted by Crippen LogP contribution is -2.45. The van der Waals surface area contributed by atoms with Gasteiger partial charge in [-0.15, -0.1) is 0 Å². The van der Waals surface area contributed by atoms with E-state index in [4.69, 9.17) is 18.9 Å². The Kier molecular flexibility index (Phi) is 9.21. The zero-order chi connectivity index (χ0) is 25.3. The van der Waals surface area contributed by atoms with Crippen LogP contribution >= 0.6 is 0 Å². The largest absolute Gasteiger partial charge is 0.497 e. The molecule has 0 aliphatic heterocycles. The number of hydrogen-bond acceptors (Lipinski definition) is 9. The maximum Gasteiger partial charge on any atom is 0.324 e. The van der Waals surface area contributed by atoms with Crippen LogP contribution in [0.3, 0.4) is 0 Å². The number of hydrazine groups is 1. The van der Waals surface area contributed by atoms with Crippen LogP contribution in [0.25, 0.3) is 0 Å². The number of nitrogens with one attached hydrogen (secondary N) is 3. The van der Waals surface area contributed by atoms with Crippen molar-refractivity contribution in [2.75, 3.05) is 27.9 Å². The van der Waals surface area contributed by atoms with Crippen molar-refractivity contribution in [1.82, 2.24) is 15.6 Å². The first-order valence-corrected chi connectivity index (χ1v) is 11.2.